The largest absolute Gasteiger partial charge is 0.495 e. The van der Waals surface area contributed by atoms with Crippen molar-refractivity contribution in [1.82, 2.24) is 19.8 Å². The molecule has 2 amide bonds. The van der Waals surface area contributed by atoms with Gasteiger partial charge >= 0.3 is 0 Å². The van der Waals surface area contributed by atoms with Gasteiger partial charge in [-0.2, -0.15) is 0 Å². The maximum Gasteiger partial charge on any atom is 0.259 e. The maximum atomic E-state index is 13.2. The van der Waals surface area contributed by atoms with Crippen LogP contribution in [0.25, 0.3) is 33.0 Å². The van der Waals surface area contributed by atoms with E-state index in [1.165, 1.54) is 0 Å². The van der Waals surface area contributed by atoms with E-state index in [-0.39, 0.29) is 11.8 Å². The van der Waals surface area contributed by atoms with Gasteiger partial charge in [-0.25, -0.2) is 0 Å². The number of morpholine rings is 1. The van der Waals surface area contributed by atoms with Crippen LogP contribution in [0.4, 0.5) is 0 Å². The minimum Gasteiger partial charge on any atom is -0.495 e. The van der Waals surface area contributed by atoms with Crippen LogP contribution in [-0.4, -0.2) is 66.2 Å². The summed E-state index contributed by atoms with van der Waals surface area (Å²) in [6, 6.07) is 13.6. The van der Waals surface area contributed by atoms with Crippen molar-refractivity contribution >= 4 is 44.8 Å². The molecule has 0 saturated carbocycles. The molecule has 2 aliphatic heterocycles. The number of para-hydroxylation sites is 2. The lowest BCUT2D eigenvalue weighted by Crippen LogP contribution is -2.37. The second kappa shape index (κ2) is 9.29. The quantitative estimate of drug-likeness (QED) is 0.393. The van der Waals surface area contributed by atoms with Crippen molar-refractivity contribution in [2.24, 2.45) is 0 Å². The average molecular weight is 485 g/mol. The summed E-state index contributed by atoms with van der Waals surface area (Å²) in [5, 5.41) is 4.32. The zero-order chi connectivity index (χ0) is 24.6. The number of nitrogens with one attached hydrogen (secondary N) is 2. The van der Waals surface area contributed by atoms with Gasteiger partial charge in [0.15, 0.2) is 0 Å². The summed E-state index contributed by atoms with van der Waals surface area (Å²) in [5.41, 5.74) is 4.09. The summed E-state index contributed by atoms with van der Waals surface area (Å²) in [5.74, 6) is -0.0181. The predicted octanol–water partition coefficient (Wildman–Crippen LogP) is 3.42. The molecule has 2 aliphatic rings. The molecule has 0 aliphatic carbocycles. The molecule has 8 nitrogen and oxygen atoms in total. The van der Waals surface area contributed by atoms with Gasteiger partial charge in [0.05, 0.1) is 37.0 Å². The van der Waals surface area contributed by atoms with E-state index < -0.39 is 0 Å². The molecule has 36 heavy (non-hydrogen) atoms. The number of H-pyrrole nitrogens is 1. The van der Waals surface area contributed by atoms with Crippen molar-refractivity contribution < 1.29 is 19.1 Å². The lowest BCUT2D eigenvalue weighted by Gasteiger charge is -2.26. The third-order valence-corrected chi connectivity index (χ3v) is 7.12. The molecule has 4 heterocycles. The maximum absolute atomic E-state index is 13.2. The van der Waals surface area contributed by atoms with E-state index in [1.807, 2.05) is 48.7 Å². The molecule has 0 spiro atoms. The number of benzene rings is 2. The van der Waals surface area contributed by atoms with Gasteiger partial charge in [-0.05, 0) is 18.6 Å². The Hall–Kier alpha value is -3.88. The Morgan fingerprint density at radius 1 is 0.917 bits per heavy atom. The number of fused-ring (bicyclic) bond motifs is 2. The number of hydrogen-bond acceptors (Lipinski definition) is 5. The minimum absolute atomic E-state index is 0.379. The number of nitrogens with zero attached hydrogens (tertiary/aromatic N) is 2. The zero-order valence-corrected chi connectivity index (χ0v) is 20.2. The van der Waals surface area contributed by atoms with Gasteiger partial charge in [0.25, 0.3) is 11.8 Å². The van der Waals surface area contributed by atoms with E-state index >= 15 is 0 Å². The van der Waals surface area contributed by atoms with E-state index in [0.29, 0.717) is 11.1 Å². The number of hydrogen-bond donors (Lipinski definition) is 2. The molecule has 1 fully saturated rings. The molecule has 0 unspecified atom stereocenters. The smallest absolute Gasteiger partial charge is 0.259 e. The normalized spacial score (nSPS) is 16.9. The fourth-order valence-electron chi connectivity index (χ4n) is 5.40. The van der Waals surface area contributed by atoms with Crippen LogP contribution < -0.4 is 10.1 Å². The van der Waals surface area contributed by atoms with Crippen molar-refractivity contribution in [3.8, 4) is 5.75 Å². The highest BCUT2D eigenvalue weighted by Gasteiger charge is 2.35. The SMILES string of the molecule is COc1cccc2c(C3=C(c4c[nH]c5ccccc45)C(=O)NC3=O)cn(CCCN3CCOCC3)c12. The van der Waals surface area contributed by atoms with Crippen LogP contribution in [0.3, 0.4) is 0 Å². The van der Waals surface area contributed by atoms with Gasteiger partial charge in [-0.3, -0.25) is 19.8 Å². The van der Waals surface area contributed by atoms with Gasteiger partial charge in [-0.15, -0.1) is 0 Å². The number of aryl methyl sites for hydroxylation is 1. The van der Waals surface area contributed by atoms with E-state index in [0.717, 1.165) is 84.5 Å². The Bertz CT molecular complexity index is 1510. The lowest BCUT2D eigenvalue weighted by molar-refractivity contribution is -0.122. The molecular weight excluding hydrogens is 456 g/mol. The first-order valence-corrected chi connectivity index (χ1v) is 12.3. The molecular formula is C28H28N4O4. The van der Waals surface area contributed by atoms with Crippen LogP contribution in [0.15, 0.2) is 54.9 Å². The highest BCUT2D eigenvalue weighted by molar-refractivity contribution is 6.50. The first-order valence-electron chi connectivity index (χ1n) is 12.3. The summed E-state index contributed by atoms with van der Waals surface area (Å²) >= 11 is 0. The van der Waals surface area contributed by atoms with Gasteiger partial charge < -0.3 is 19.0 Å². The number of amides is 2. The van der Waals surface area contributed by atoms with Crippen molar-refractivity contribution in [2.45, 2.75) is 13.0 Å². The standard InChI is InChI=1S/C28H28N4O4/c1-35-23-9-4-7-19-21(17-32(26(19)23)11-5-10-31-12-14-36-15-13-31)25-24(27(33)30-28(25)34)20-16-29-22-8-3-2-6-18(20)22/h2-4,6-9,16-17,29H,5,10-15H2,1H3,(H,30,33,34). The Kier molecular flexibility index (Phi) is 5.83. The second-order valence-corrected chi connectivity index (χ2v) is 9.18. The van der Waals surface area contributed by atoms with Gasteiger partial charge in [0.2, 0.25) is 0 Å². The molecule has 2 aromatic heterocycles. The molecule has 6 rings (SSSR count). The lowest BCUT2D eigenvalue weighted by atomic mass is 9.95. The van der Waals surface area contributed by atoms with Crippen LogP contribution in [-0.2, 0) is 20.9 Å². The highest BCUT2D eigenvalue weighted by atomic mass is 16.5. The number of ether oxygens (including phenoxy) is 2. The van der Waals surface area contributed by atoms with E-state index in [2.05, 4.69) is 19.8 Å². The zero-order valence-electron chi connectivity index (χ0n) is 20.2. The minimum atomic E-state index is -0.379. The van der Waals surface area contributed by atoms with E-state index in [9.17, 15) is 9.59 Å². The van der Waals surface area contributed by atoms with Gasteiger partial charge in [-0.1, -0.05) is 30.3 Å². The third-order valence-electron chi connectivity index (χ3n) is 7.12. The number of aromatic amines is 1. The van der Waals surface area contributed by atoms with Crippen LogP contribution in [0.2, 0.25) is 0 Å². The van der Waals surface area contributed by atoms with Crippen LogP contribution >= 0.6 is 0 Å². The molecule has 0 radical (unpaired) electrons. The molecule has 2 N–H and O–H groups in total. The molecule has 8 heteroatoms. The van der Waals surface area contributed by atoms with E-state index in [1.54, 1.807) is 13.3 Å². The fourth-order valence-corrected chi connectivity index (χ4v) is 5.40. The van der Waals surface area contributed by atoms with Crippen molar-refractivity contribution in [1.29, 1.82) is 0 Å². The molecule has 0 atom stereocenters. The summed E-state index contributed by atoms with van der Waals surface area (Å²) in [4.78, 5) is 31.9. The van der Waals surface area contributed by atoms with Crippen molar-refractivity contribution in [3.05, 3.63) is 66.0 Å². The molecule has 184 valence electrons. The number of aromatic nitrogens is 2. The number of carbonyl (C=O) groups excluding carboxylic acids is 2. The van der Waals surface area contributed by atoms with Crippen LogP contribution in [0, 0.1) is 0 Å². The summed E-state index contributed by atoms with van der Waals surface area (Å²) in [6.45, 7) is 5.18. The summed E-state index contributed by atoms with van der Waals surface area (Å²) < 4.78 is 13.3. The van der Waals surface area contributed by atoms with Crippen LogP contribution in [0.5, 0.6) is 5.75 Å². The number of carbonyl (C=O) groups is 2. The molecule has 0 bridgehead atoms. The topological polar surface area (TPSA) is 88.6 Å². The van der Waals surface area contributed by atoms with Gasteiger partial charge in [0.1, 0.15) is 5.75 Å². The first kappa shape index (κ1) is 22.6. The fraction of sp³-hybridized carbons (Fsp3) is 0.286. The Labute approximate surface area is 208 Å². The molecule has 1 saturated heterocycles. The third kappa shape index (κ3) is 3.79. The van der Waals surface area contributed by atoms with E-state index in [4.69, 9.17) is 9.47 Å². The predicted molar refractivity (Wildman–Crippen MR) is 139 cm³/mol. The summed E-state index contributed by atoms with van der Waals surface area (Å²) in [6.07, 6.45) is 4.75. The highest BCUT2D eigenvalue weighted by Crippen LogP contribution is 2.40. The number of imide groups is 1. The van der Waals surface area contributed by atoms with Crippen molar-refractivity contribution in [3.63, 3.8) is 0 Å². The van der Waals surface area contributed by atoms with Crippen molar-refractivity contribution in [2.75, 3.05) is 40.0 Å². The first-order chi connectivity index (χ1) is 17.7. The average Bonchev–Trinajstić information content (AvgIpc) is 3.57. The second-order valence-electron chi connectivity index (χ2n) is 9.18. The Morgan fingerprint density at radius 2 is 1.67 bits per heavy atom. The molecule has 4 aromatic rings. The number of methoxy groups -OCH3 is 1. The summed E-state index contributed by atoms with van der Waals surface area (Å²) in [7, 11) is 1.65. The Morgan fingerprint density at radius 3 is 2.47 bits per heavy atom. The molecule has 2 aromatic carbocycles. The monoisotopic (exact) mass is 484 g/mol. The van der Waals surface area contributed by atoms with Crippen LogP contribution in [0.1, 0.15) is 17.5 Å². The van der Waals surface area contributed by atoms with Gasteiger partial charge in [0, 0.05) is 66.0 Å². The Balaban J connectivity index is 1.46. The number of rotatable bonds is 7.